The number of hydrogen-bond donors (Lipinski definition) is 2. The van der Waals surface area contributed by atoms with E-state index in [1.165, 1.54) is 12.1 Å². The first-order chi connectivity index (χ1) is 9.83. The number of anilines is 2. The number of sulfonamides is 1. The normalized spacial score (nSPS) is 12.7. The molecule has 1 atom stereocenters. The minimum absolute atomic E-state index is 0.103. The summed E-state index contributed by atoms with van der Waals surface area (Å²) in [5.41, 5.74) is 2.05. The summed E-state index contributed by atoms with van der Waals surface area (Å²) in [5.74, 6) is -0.284. The van der Waals surface area contributed by atoms with Crippen LogP contribution in [0.1, 0.15) is 18.5 Å². The lowest BCUT2D eigenvalue weighted by molar-refractivity contribution is 0.607. The zero-order valence-corrected chi connectivity index (χ0v) is 12.6. The third-order valence-corrected chi connectivity index (χ3v) is 3.50. The van der Waals surface area contributed by atoms with E-state index in [1.54, 1.807) is 24.3 Å². The molecule has 0 aliphatic carbocycles. The van der Waals surface area contributed by atoms with E-state index in [-0.39, 0.29) is 11.9 Å². The highest BCUT2D eigenvalue weighted by Crippen LogP contribution is 2.22. The maximum absolute atomic E-state index is 13.2. The molecular formula is C15H17FN2O2S. The van der Waals surface area contributed by atoms with Crippen LogP contribution in [-0.4, -0.2) is 14.7 Å². The fourth-order valence-electron chi connectivity index (χ4n) is 2.00. The molecule has 0 bridgehead atoms. The molecule has 2 rings (SSSR count). The first-order valence-electron chi connectivity index (χ1n) is 6.43. The molecule has 2 N–H and O–H groups in total. The molecule has 2 aromatic carbocycles. The molecule has 4 nitrogen and oxygen atoms in total. The summed E-state index contributed by atoms with van der Waals surface area (Å²) >= 11 is 0. The molecule has 112 valence electrons. The summed E-state index contributed by atoms with van der Waals surface area (Å²) in [4.78, 5) is 0. The molecule has 6 heteroatoms. The van der Waals surface area contributed by atoms with Crippen LogP contribution in [-0.2, 0) is 10.0 Å². The van der Waals surface area contributed by atoms with Gasteiger partial charge in [0.05, 0.1) is 11.9 Å². The Kier molecular flexibility index (Phi) is 4.47. The third kappa shape index (κ3) is 4.75. The van der Waals surface area contributed by atoms with Gasteiger partial charge in [-0.2, -0.15) is 0 Å². The van der Waals surface area contributed by atoms with E-state index >= 15 is 0 Å². The number of rotatable bonds is 5. The lowest BCUT2D eigenvalue weighted by Crippen LogP contribution is -2.10. The first kappa shape index (κ1) is 15.3. The van der Waals surface area contributed by atoms with Crippen LogP contribution in [0.3, 0.4) is 0 Å². The van der Waals surface area contributed by atoms with Gasteiger partial charge in [-0.15, -0.1) is 0 Å². The molecule has 0 amide bonds. The van der Waals surface area contributed by atoms with Gasteiger partial charge < -0.3 is 5.32 Å². The molecule has 0 aliphatic heterocycles. The van der Waals surface area contributed by atoms with Crippen molar-refractivity contribution in [3.05, 3.63) is 59.9 Å². The predicted octanol–water partition coefficient (Wildman–Crippen LogP) is 3.37. The van der Waals surface area contributed by atoms with E-state index in [0.717, 1.165) is 17.5 Å². The second kappa shape index (κ2) is 6.13. The maximum Gasteiger partial charge on any atom is 0.229 e. The number of nitrogens with one attached hydrogen (secondary N) is 2. The van der Waals surface area contributed by atoms with Gasteiger partial charge >= 0.3 is 0 Å². The van der Waals surface area contributed by atoms with Crippen LogP contribution in [0, 0.1) is 5.82 Å². The van der Waals surface area contributed by atoms with Crippen LogP contribution < -0.4 is 10.0 Å². The minimum atomic E-state index is -3.31. The Labute approximate surface area is 124 Å². The van der Waals surface area contributed by atoms with Crippen molar-refractivity contribution in [2.75, 3.05) is 16.3 Å². The largest absolute Gasteiger partial charge is 0.378 e. The van der Waals surface area contributed by atoms with Crippen molar-refractivity contribution in [2.24, 2.45) is 0 Å². The van der Waals surface area contributed by atoms with Crippen molar-refractivity contribution in [1.29, 1.82) is 0 Å². The summed E-state index contributed by atoms with van der Waals surface area (Å²) in [6.07, 6.45) is 1.10. The van der Waals surface area contributed by atoms with Crippen LogP contribution in [0.15, 0.2) is 48.5 Å². The van der Waals surface area contributed by atoms with Gasteiger partial charge in [-0.3, -0.25) is 4.72 Å². The highest BCUT2D eigenvalue weighted by molar-refractivity contribution is 7.92. The van der Waals surface area contributed by atoms with Gasteiger partial charge in [0.15, 0.2) is 0 Å². The van der Waals surface area contributed by atoms with Crippen LogP contribution in [0.5, 0.6) is 0 Å². The van der Waals surface area contributed by atoms with Gasteiger partial charge in [0, 0.05) is 11.7 Å². The van der Waals surface area contributed by atoms with E-state index in [1.807, 2.05) is 19.1 Å². The fraction of sp³-hybridized carbons (Fsp3) is 0.200. The highest BCUT2D eigenvalue weighted by Gasteiger charge is 2.07. The van der Waals surface area contributed by atoms with Crippen molar-refractivity contribution in [2.45, 2.75) is 13.0 Å². The Morgan fingerprint density at radius 1 is 1.05 bits per heavy atom. The van der Waals surface area contributed by atoms with Gasteiger partial charge in [0.2, 0.25) is 10.0 Å². The third-order valence-electron chi connectivity index (χ3n) is 2.90. The molecular weight excluding hydrogens is 291 g/mol. The van der Waals surface area contributed by atoms with Gasteiger partial charge in [0.25, 0.3) is 0 Å². The molecule has 21 heavy (non-hydrogen) atoms. The van der Waals surface area contributed by atoms with E-state index in [2.05, 4.69) is 10.0 Å². The maximum atomic E-state index is 13.2. The lowest BCUT2D eigenvalue weighted by Gasteiger charge is -2.16. The number of benzene rings is 2. The summed E-state index contributed by atoms with van der Waals surface area (Å²) in [6, 6.07) is 13.2. The van der Waals surface area contributed by atoms with Crippen molar-refractivity contribution >= 4 is 21.4 Å². The minimum Gasteiger partial charge on any atom is -0.378 e. The van der Waals surface area contributed by atoms with Crippen LogP contribution >= 0.6 is 0 Å². The molecule has 0 spiro atoms. The molecule has 0 radical (unpaired) electrons. The number of halogens is 1. The van der Waals surface area contributed by atoms with Crippen LogP contribution in [0.4, 0.5) is 15.8 Å². The standard InChI is InChI=1S/C15H17FN2O2S/c1-11(12-5-3-6-13(16)9-12)17-14-7-4-8-15(10-14)18-21(2,19)20/h3-11,17-18H,1-2H3. The topological polar surface area (TPSA) is 58.2 Å². The van der Waals surface area contributed by atoms with Crippen molar-refractivity contribution in [1.82, 2.24) is 0 Å². The van der Waals surface area contributed by atoms with E-state index < -0.39 is 10.0 Å². The SMILES string of the molecule is CC(Nc1cccc(NS(C)(=O)=O)c1)c1cccc(F)c1. The van der Waals surface area contributed by atoms with E-state index in [0.29, 0.717) is 5.69 Å². The monoisotopic (exact) mass is 308 g/mol. The van der Waals surface area contributed by atoms with Crippen LogP contribution in [0.25, 0.3) is 0 Å². The smallest absolute Gasteiger partial charge is 0.229 e. The Bertz CT molecular complexity index is 732. The Morgan fingerprint density at radius 3 is 2.38 bits per heavy atom. The van der Waals surface area contributed by atoms with E-state index in [9.17, 15) is 12.8 Å². The summed E-state index contributed by atoms with van der Waals surface area (Å²) in [6.45, 7) is 1.91. The molecule has 2 aromatic rings. The molecule has 0 saturated carbocycles. The zero-order valence-electron chi connectivity index (χ0n) is 11.8. The summed E-state index contributed by atoms with van der Waals surface area (Å²) < 4.78 is 38.1. The quantitative estimate of drug-likeness (QED) is 0.890. The molecule has 0 saturated heterocycles. The number of hydrogen-bond acceptors (Lipinski definition) is 3. The first-order valence-corrected chi connectivity index (χ1v) is 8.32. The lowest BCUT2D eigenvalue weighted by atomic mass is 10.1. The van der Waals surface area contributed by atoms with Gasteiger partial charge in [0.1, 0.15) is 5.82 Å². The Morgan fingerprint density at radius 2 is 1.71 bits per heavy atom. The molecule has 0 fully saturated rings. The van der Waals surface area contributed by atoms with Crippen molar-refractivity contribution in [3.63, 3.8) is 0 Å². The second-order valence-electron chi connectivity index (χ2n) is 4.88. The molecule has 0 aliphatic rings. The molecule has 0 aromatic heterocycles. The Balaban J connectivity index is 2.14. The predicted molar refractivity (Wildman–Crippen MR) is 83.3 cm³/mol. The average Bonchev–Trinajstić information content (AvgIpc) is 2.37. The van der Waals surface area contributed by atoms with Crippen molar-refractivity contribution < 1.29 is 12.8 Å². The summed E-state index contributed by atoms with van der Waals surface area (Å²) in [5, 5.41) is 3.21. The average molecular weight is 308 g/mol. The zero-order chi connectivity index (χ0) is 15.5. The van der Waals surface area contributed by atoms with Gasteiger partial charge in [-0.1, -0.05) is 18.2 Å². The highest BCUT2D eigenvalue weighted by atomic mass is 32.2. The molecule has 0 heterocycles. The fourth-order valence-corrected chi connectivity index (χ4v) is 2.55. The van der Waals surface area contributed by atoms with E-state index in [4.69, 9.17) is 0 Å². The Hall–Kier alpha value is -2.08. The second-order valence-corrected chi connectivity index (χ2v) is 6.62. The summed E-state index contributed by atoms with van der Waals surface area (Å²) in [7, 11) is -3.31. The molecule has 1 unspecified atom stereocenters. The van der Waals surface area contributed by atoms with Gasteiger partial charge in [-0.05, 0) is 42.8 Å². The van der Waals surface area contributed by atoms with Crippen molar-refractivity contribution in [3.8, 4) is 0 Å². The van der Waals surface area contributed by atoms with Gasteiger partial charge in [-0.25, -0.2) is 12.8 Å². The van der Waals surface area contributed by atoms with Crippen LogP contribution in [0.2, 0.25) is 0 Å².